The number of halogens is 4. The highest BCUT2D eigenvalue weighted by molar-refractivity contribution is 6.35. The average Bonchev–Trinajstić information content (AvgIpc) is 2.52. The predicted octanol–water partition coefficient (Wildman–Crippen LogP) is 6.90. The maximum atomic E-state index is 9.32. The number of benzene rings is 2. The van der Waals surface area contributed by atoms with E-state index in [9.17, 15) is 5.26 Å². The third-order valence-electron chi connectivity index (χ3n) is 3.27. The summed E-state index contributed by atoms with van der Waals surface area (Å²) in [6.07, 6.45) is 0. The van der Waals surface area contributed by atoms with Crippen LogP contribution in [0.15, 0.2) is 48.5 Å². The van der Waals surface area contributed by atoms with Crippen molar-refractivity contribution >= 4 is 46.4 Å². The summed E-state index contributed by atoms with van der Waals surface area (Å²) in [7, 11) is 0. The van der Waals surface area contributed by atoms with Crippen molar-refractivity contribution in [2.45, 2.75) is 0 Å². The molecule has 0 atom stereocenters. The van der Waals surface area contributed by atoms with Gasteiger partial charge in [0, 0.05) is 31.2 Å². The fourth-order valence-electron chi connectivity index (χ4n) is 2.29. The normalized spacial score (nSPS) is 10.5. The summed E-state index contributed by atoms with van der Waals surface area (Å²) in [5, 5.41) is 11.3. The second-order valence-electron chi connectivity index (χ2n) is 5.05. The molecular formula is C18H8Cl4N2. The number of pyridine rings is 1. The maximum absolute atomic E-state index is 9.32. The molecule has 118 valence electrons. The van der Waals surface area contributed by atoms with Crippen LogP contribution in [-0.4, -0.2) is 4.98 Å². The Hall–Kier alpha value is -1.76. The van der Waals surface area contributed by atoms with Crippen LogP contribution < -0.4 is 0 Å². The number of nitrogens with zero attached hydrogens (tertiary/aromatic N) is 2. The summed E-state index contributed by atoms with van der Waals surface area (Å²) < 4.78 is 0. The highest BCUT2D eigenvalue weighted by atomic mass is 35.5. The summed E-state index contributed by atoms with van der Waals surface area (Å²) >= 11 is 24.2. The molecule has 0 amide bonds. The molecule has 0 aliphatic heterocycles. The van der Waals surface area contributed by atoms with E-state index in [2.05, 4.69) is 11.1 Å². The molecule has 2 nitrogen and oxygen atoms in total. The minimum Gasteiger partial charge on any atom is -0.248 e. The predicted molar refractivity (Wildman–Crippen MR) is 99.9 cm³/mol. The van der Waals surface area contributed by atoms with Gasteiger partial charge >= 0.3 is 0 Å². The molecule has 1 heterocycles. The standard InChI is InChI=1S/C18H8Cl4N2/c19-13-3-11(4-14(20)7-13)17-1-10(9-23)2-18(24-17)12-5-15(21)8-16(22)6-12/h1-8H. The zero-order chi connectivity index (χ0) is 17.3. The smallest absolute Gasteiger partial charge is 0.0993 e. The van der Waals surface area contributed by atoms with Gasteiger partial charge in [-0.3, -0.25) is 0 Å². The lowest BCUT2D eigenvalue weighted by atomic mass is 10.1. The van der Waals surface area contributed by atoms with E-state index >= 15 is 0 Å². The molecule has 0 saturated heterocycles. The Labute approximate surface area is 159 Å². The SMILES string of the molecule is N#Cc1cc(-c2cc(Cl)cc(Cl)c2)nc(-c2cc(Cl)cc(Cl)c2)c1. The van der Waals surface area contributed by atoms with E-state index in [1.54, 1.807) is 48.5 Å². The Morgan fingerprint density at radius 2 is 1.00 bits per heavy atom. The van der Waals surface area contributed by atoms with Gasteiger partial charge < -0.3 is 0 Å². The Kier molecular flexibility index (Phi) is 4.99. The van der Waals surface area contributed by atoms with E-state index in [0.29, 0.717) is 37.0 Å². The largest absolute Gasteiger partial charge is 0.248 e. The summed E-state index contributed by atoms with van der Waals surface area (Å²) in [5.74, 6) is 0. The van der Waals surface area contributed by atoms with Crippen molar-refractivity contribution in [3.63, 3.8) is 0 Å². The molecule has 6 heteroatoms. The van der Waals surface area contributed by atoms with Gasteiger partial charge in [0.05, 0.1) is 23.0 Å². The van der Waals surface area contributed by atoms with E-state index in [1.165, 1.54) is 0 Å². The number of aromatic nitrogens is 1. The van der Waals surface area contributed by atoms with Crippen molar-refractivity contribution in [2.75, 3.05) is 0 Å². The molecule has 0 aliphatic carbocycles. The van der Waals surface area contributed by atoms with Gasteiger partial charge in [-0.2, -0.15) is 5.26 Å². The molecule has 0 fully saturated rings. The lowest BCUT2D eigenvalue weighted by Gasteiger charge is -2.08. The molecule has 0 aliphatic rings. The number of rotatable bonds is 2. The average molecular weight is 394 g/mol. The van der Waals surface area contributed by atoms with Gasteiger partial charge in [-0.1, -0.05) is 46.4 Å². The molecule has 0 N–H and O–H groups in total. The molecule has 2 aromatic carbocycles. The lowest BCUT2D eigenvalue weighted by Crippen LogP contribution is -1.91. The molecular weight excluding hydrogens is 386 g/mol. The summed E-state index contributed by atoms with van der Waals surface area (Å²) in [5.41, 5.74) is 3.08. The molecule has 0 radical (unpaired) electrons. The van der Waals surface area contributed by atoms with E-state index < -0.39 is 0 Å². The zero-order valence-corrected chi connectivity index (χ0v) is 15.0. The van der Waals surface area contributed by atoms with Crippen LogP contribution in [0.25, 0.3) is 22.5 Å². The monoisotopic (exact) mass is 392 g/mol. The van der Waals surface area contributed by atoms with Crippen molar-refractivity contribution in [3.8, 4) is 28.6 Å². The van der Waals surface area contributed by atoms with E-state index in [-0.39, 0.29) is 0 Å². The maximum Gasteiger partial charge on any atom is 0.0993 e. The Bertz CT molecular complexity index is 867. The number of nitriles is 1. The van der Waals surface area contributed by atoms with E-state index in [4.69, 9.17) is 46.4 Å². The fraction of sp³-hybridized carbons (Fsp3) is 0. The third kappa shape index (κ3) is 3.83. The second kappa shape index (κ2) is 7.01. The van der Waals surface area contributed by atoms with Crippen LogP contribution in [0.1, 0.15) is 5.56 Å². The van der Waals surface area contributed by atoms with Gasteiger partial charge in [0.15, 0.2) is 0 Å². The third-order valence-corrected chi connectivity index (χ3v) is 4.14. The second-order valence-corrected chi connectivity index (χ2v) is 6.80. The quantitative estimate of drug-likeness (QED) is 0.474. The van der Waals surface area contributed by atoms with Crippen LogP contribution >= 0.6 is 46.4 Å². The minimum atomic E-state index is 0.460. The Morgan fingerprint density at radius 1 is 0.625 bits per heavy atom. The highest BCUT2D eigenvalue weighted by Crippen LogP contribution is 2.31. The zero-order valence-electron chi connectivity index (χ0n) is 12.0. The van der Waals surface area contributed by atoms with Crippen LogP contribution in [0.2, 0.25) is 20.1 Å². The fourth-order valence-corrected chi connectivity index (χ4v) is 3.35. The number of hydrogen-bond donors (Lipinski definition) is 0. The highest BCUT2D eigenvalue weighted by Gasteiger charge is 2.10. The van der Waals surface area contributed by atoms with Gasteiger partial charge in [0.1, 0.15) is 0 Å². The van der Waals surface area contributed by atoms with Crippen LogP contribution in [0.4, 0.5) is 0 Å². The summed E-state index contributed by atoms with van der Waals surface area (Å²) in [6.45, 7) is 0. The topological polar surface area (TPSA) is 36.7 Å². The van der Waals surface area contributed by atoms with Crippen molar-refractivity contribution < 1.29 is 0 Å². The number of hydrogen-bond acceptors (Lipinski definition) is 2. The molecule has 0 spiro atoms. The van der Waals surface area contributed by atoms with Crippen LogP contribution in [0.3, 0.4) is 0 Å². The molecule has 3 rings (SSSR count). The van der Waals surface area contributed by atoms with Gasteiger partial charge in [-0.05, 0) is 48.5 Å². The minimum absolute atomic E-state index is 0.460. The van der Waals surface area contributed by atoms with Crippen LogP contribution in [0.5, 0.6) is 0 Å². The van der Waals surface area contributed by atoms with Crippen molar-refractivity contribution in [1.82, 2.24) is 4.98 Å². The molecule has 24 heavy (non-hydrogen) atoms. The summed E-state index contributed by atoms with van der Waals surface area (Å²) in [6, 6.07) is 15.7. The molecule has 3 aromatic rings. The van der Waals surface area contributed by atoms with Gasteiger partial charge in [0.2, 0.25) is 0 Å². The Morgan fingerprint density at radius 3 is 1.33 bits per heavy atom. The first kappa shape index (κ1) is 17.1. The van der Waals surface area contributed by atoms with Crippen LogP contribution in [-0.2, 0) is 0 Å². The lowest BCUT2D eigenvalue weighted by molar-refractivity contribution is 1.31. The van der Waals surface area contributed by atoms with Gasteiger partial charge in [-0.15, -0.1) is 0 Å². The first-order valence-corrected chi connectivity index (χ1v) is 8.31. The van der Waals surface area contributed by atoms with E-state index in [0.717, 1.165) is 11.1 Å². The van der Waals surface area contributed by atoms with E-state index in [1.807, 2.05) is 0 Å². The van der Waals surface area contributed by atoms with Gasteiger partial charge in [0.25, 0.3) is 0 Å². The molecule has 0 bridgehead atoms. The van der Waals surface area contributed by atoms with Crippen molar-refractivity contribution in [2.24, 2.45) is 0 Å². The van der Waals surface area contributed by atoms with Gasteiger partial charge in [-0.25, -0.2) is 4.98 Å². The van der Waals surface area contributed by atoms with Crippen molar-refractivity contribution in [1.29, 1.82) is 5.26 Å². The van der Waals surface area contributed by atoms with Crippen molar-refractivity contribution in [3.05, 3.63) is 74.2 Å². The van der Waals surface area contributed by atoms with Crippen LogP contribution in [0, 0.1) is 11.3 Å². The molecule has 0 saturated carbocycles. The first-order chi connectivity index (χ1) is 11.4. The molecule has 1 aromatic heterocycles. The first-order valence-electron chi connectivity index (χ1n) is 6.80. The Balaban J connectivity index is 2.20. The molecule has 0 unspecified atom stereocenters. The summed E-state index contributed by atoms with van der Waals surface area (Å²) in [4.78, 5) is 4.60.